The summed E-state index contributed by atoms with van der Waals surface area (Å²) in [5, 5.41) is 10.7. The molecule has 0 aromatic heterocycles. The van der Waals surface area contributed by atoms with Crippen LogP contribution in [0.25, 0.3) is 0 Å². The van der Waals surface area contributed by atoms with Crippen molar-refractivity contribution >= 4 is 11.7 Å². The molecule has 7 nitrogen and oxygen atoms in total. The normalized spacial score (nSPS) is 21.7. The highest BCUT2D eigenvalue weighted by Gasteiger charge is 2.43. The van der Waals surface area contributed by atoms with Crippen LogP contribution in [0.2, 0.25) is 0 Å². The molecule has 1 aromatic carbocycles. The summed E-state index contributed by atoms with van der Waals surface area (Å²) in [6.07, 6.45) is 0.216. The van der Waals surface area contributed by atoms with E-state index in [4.69, 9.17) is 10.5 Å². The number of carbonyl (C=O) groups excluding carboxylic acids is 1. The maximum atomic E-state index is 11.8. The van der Waals surface area contributed by atoms with Crippen molar-refractivity contribution in [2.24, 2.45) is 5.73 Å². The molecule has 1 aromatic rings. The molecule has 2 N–H and O–H groups in total. The molecule has 1 aliphatic heterocycles. The monoisotopic (exact) mass is 252 g/mol. The Bertz CT molecular complexity index is 516. The van der Waals surface area contributed by atoms with Gasteiger partial charge in [0.15, 0.2) is 0 Å². The Morgan fingerprint density at radius 3 is 2.94 bits per heavy atom. The Morgan fingerprint density at radius 1 is 1.61 bits per heavy atom. The van der Waals surface area contributed by atoms with E-state index in [9.17, 15) is 14.9 Å². The van der Waals surface area contributed by atoms with Gasteiger partial charge in [-0.3, -0.25) is 10.1 Å². The molecular formula is C11H12N2O5. The number of rotatable bonds is 2. The van der Waals surface area contributed by atoms with Crippen LogP contribution in [0.3, 0.4) is 0 Å². The highest BCUT2D eigenvalue weighted by Crippen LogP contribution is 2.38. The number of esters is 1. The second kappa shape index (κ2) is 4.26. The van der Waals surface area contributed by atoms with Gasteiger partial charge < -0.3 is 15.2 Å². The van der Waals surface area contributed by atoms with E-state index in [2.05, 4.69) is 4.74 Å². The van der Waals surface area contributed by atoms with E-state index in [-0.39, 0.29) is 24.3 Å². The molecule has 18 heavy (non-hydrogen) atoms. The van der Waals surface area contributed by atoms with Crippen molar-refractivity contribution in [3.63, 3.8) is 0 Å². The summed E-state index contributed by atoms with van der Waals surface area (Å²) in [5.41, 5.74) is 4.77. The van der Waals surface area contributed by atoms with Crippen molar-refractivity contribution < 1.29 is 19.2 Å². The Hall–Kier alpha value is -2.15. The highest BCUT2D eigenvalue weighted by atomic mass is 16.6. The van der Waals surface area contributed by atoms with Gasteiger partial charge in [0.05, 0.1) is 18.6 Å². The molecule has 1 aliphatic rings. The van der Waals surface area contributed by atoms with Gasteiger partial charge in [0.2, 0.25) is 0 Å². The van der Waals surface area contributed by atoms with Crippen molar-refractivity contribution in [2.75, 3.05) is 13.7 Å². The number of methoxy groups -OCH3 is 1. The van der Waals surface area contributed by atoms with E-state index in [0.717, 1.165) is 0 Å². The lowest BCUT2D eigenvalue weighted by Gasteiger charge is -2.32. The lowest BCUT2D eigenvalue weighted by Crippen LogP contribution is -2.49. The number of nitro benzene ring substituents is 1. The molecule has 1 unspecified atom stereocenters. The molecule has 0 radical (unpaired) electrons. The van der Waals surface area contributed by atoms with Gasteiger partial charge in [0.25, 0.3) is 5.69 Å². The van der Waals surface area contributed by atoms with Gasteiger partial charge in [-0.05, 0) is 6.07 Å². The Balaban J connectivity index is 2.56. The quantitative estimate of drug-likeness (QED) is 0.472. The van der Waals surface area contributed by atoms with Crippen LogP contribution in [-0.4, -0.2) is 24.6 Å². The summed E-state index contributed by atoms with van der Waals surface area (Å²) in [7, 11) is 1.23. The van der Waals surface area contributed by atoms with Crippen molar-refractivity contribution in [1.29, 1.82) is 0 Å². The summed E-state index contributed by atoms with van der Waals surface area (Å²) >= 11 is 0. The molecule has 0 bridgehead atoms. The summed E-state index contributed by atoms with van der Waals surface area (Å²) in [6, 6.07) is 4.00. The van der Waals surface area contributed by atoms with E-state index < -0.39 is 16.4 Å². The van der Waals surface area contributed by atoms with Crippen LogP contribution < -0.4 is 10.5 Å². The van der Waals surface area contributed by atoms with Crippen LogP contribution in [0, 0.1) is 10.1 Å². The zero-order chi connectivity index (χ0) is 13.3. The molecule has 0 amide bonds. The molecule has 7 heteroatoms. The first kappa shape index (κ1) is 12.3. The fourth-order valence-corrected chi connectivity index (χ4v) is 1.96. The zero-order valence-corrected chi connectivity index (χ0v) is 9.71. The first-order chi connectivity index (χ1) is 8.49. The summed E-state index contributed by atoms with van der Waals surface area (Å²) < 4.78 is 10.00. The molecule has 96 valence electrons. The number of hydrogen-bond donors (Lipinski definition) is 1. The number of non-ortho nitro benzene ring substituents is 1. The SMILES string of the molecule is COC(=O)C1(N)CCOc2ccc([N+](=O)[O-])cc21. The Morgan fingerprint density at radius 2 is 2.33 bits per heavy atom. The van der Waals surface area contributed by atoms with Gasteiger partial charge in [-0.1, -0.05) is 0 Å². The number of benzene rings is 1. The van der Waals surface area contributed by atoms with Crippen LogP contribution >= 0.6 is 0 Å². The highest BCUT2D eigenvalue weighted by molar-refractivity contribution is 5.84. The minimum atomic E-state index is -1.39. The molecule has 0 spiro atoms. The standard InChI is InChI=1S/C11H12N2O5/c1-17-10(14)11(12)4-5-18-9-3-2-7(13(15)16)6-8(9)11/h2-3,6H,4-5,12H2,1H3. The van der Waals surface area contributed by atoms with Crippen molar-refractivity contribution in [1.82, 2.24) is 0 Å². The maximum absolute atomic E-state index is 11.8. The smallest absolute Gasteiger partial charge is 0.330 e. The molecule has 1 heterocycles. The summed E-state index contributed by atoms with van der Waals surface area (Å²) in [5.74, 6) is -0.257. The van der Waals surface area contributed by atoms with Crippen LogP contribution in [0.1, 0.15) is 12.0 Å². The minimum Gasteiger partial charge on any atom is -0.493 e. The fraction of sp³-hybridized carbons (Fsp3) is 0.364. The number of carbonyl (C=O) groups is 1. The van der Waals surface area contributed by atoms with Gasteiger partial charge in [-0.15, -0.1) is 0 Å². The molecule has 0 fully saturated rings. The zero-order valence-electron chi connectivity index (χ0n) is 9.71. The third-order valence-electron chi connectivity index (χ3n) is 2.96. The summed E-state index contributed by atoms with van der Waals surface area (Å²) in [6.45, 7) is 0.260. The number of ether oxygens (including phenoxy) is 2. The van der Waals surface area contributed by atoms with E-state index in [1.807, 2.05) is 0 Å². The molecule has 2 rings (SSSR count). The second-order valence-electron chi connectivity index (χ2n) is 4.00. The number of fused-ring (bicyclic) bond motifs is 1. The molecule has 0 saturated heterocycles. The topological polar surface area (TPSA) is 105 Å². The number of nitrogens with two attached hydrogens (primary N) is 1. The van der Waals surface area contributed by atoms with Crippen molar-refractivity contribution in [3.05, 3.63) is 33.9 Å². The summed E-state index contributed by atoms with van der Waals surface area (Å²) in [4.78, 5) is 22.0. The Kier molecular flexibility index (Phi) is 2.92. The number of hydrogen-bond acceptors (Lipinski definition) is 6. The van der Waals surface area contributed by atoms with Gasteiger partial charge >= 0.3 is 5.97 Å². The van der Waals surface area contributed by atoms with Crippen molar-refractivity contribution in [2.45, 2.75) is 12.0 Å². The largest absolute Gasteiger partial charge is 0.493 e. The molecule has 0 aliphatic carbocycles. The first-order valence-corrected chi connectivity index (χ1v) is 5.28. The maximum Gasteiger partial charge on any atom is 0.330 e. The molecule has 1 atom stereocenters. The van der Waals surface area contributed by atoms with E-state index in [1.165, 1.54) is 25.3 Å². The second-order valence-corrected chi connectivity index (χ2v) is 4.00. The number of nitro groups is 1. The third kappa shape index (κ3) is 1.78. The minimum absolute atomic E-state index is 0.141. The van der Waals surface area contributed by atoms with E-state index in [1.54, 1.807) is 0 Å². The fourth-order valence-electron chi connectivity index (χ4n) is 1.96. The lowest BCUT2D eigenvalue weighted by atomic mass is 9.85. The predicted molar refractivity (Wildman–Crippen MR) is 61.1 cm³/mol. The van der Waals surface area contributed by atoms with Gasteiger partial charge in [-0.2, -0.15) is 0 Å². The predicted octanol–water partition coefficient (Wildman–Crippen LogP) is 0.704. The van der Waals surface area contributed by atoms with Crippen LogP contribution in [0.15, 0.2) is 18.2 Å². The third-order valence-corrected chi connectivity index (χ3v) is 2.96. The van der Waals surface area contributed by atoms with Crippen molar-refractivity contribution in [3.8, 4) is 5.75 Å². The van der Waals surface area contributed by atoms with E-state index >= 15 is 0 Å². The van der Waals surface area contributed by atoms with Gasteiger partial charge in [0.1, 0.15) is 11.3 Å². The average Bonchev–Trinajstić information content (AvgIpc) is 2.37. The van der Waals surface area contributed by atoms with Gasteiger partial charge in [-0.25, -0.2) is 4.79 Å². The molecule has 0 saturated carbocycles. The number of nitrogens with zero attached hydrogens (tertiary/aromatic N) is 1. The average molecular weight is 252 g/mol. The van der Waals surface area contributed by atoms with Crippen LogP contribution in [0.5, 0.6) is 5.75 Å². The molecular weight excluding hydrogens is 240 g/mol. The van der Waals surface area contributed by atoms with Crippen LogP contribution in [0.4, 0.5) is 5.69 Å². The van der Waals surface area contributed by atoms with E-state index in [0.29, 0.717) is 5.75 Å². The van der Waals surface area contributed by atoms with Crippen LogP contribution in [-0.2, 0) is 15.1 Å². The first-order valence-electron chi connectivity index (χ1n) is 5.28. The van der Waals surface area contributed by atoms with Gasteiger partial charge in [0, 0.05) is 24.1 Å². The lowest BCUT2D eigenvalue weighted by molar-refractivity contribution is -0.385. The Labute approximate surface area is 103 Å².